The normalized spacial score (nSPS) is 11.4. The van der Waals surface area contributed by atoms with E-state index in [4.69, 9.17) is 17.2 Å². The fraction of sp³-hybridized carbons (Fsp3) is 0.143. The Morgan fingerprint density at radius 3 is 1.04 bits per heavy atom. The quantitative estimate of drug-likeness (QED) is 0.599. The zero-order chi connectivity index (χ0) is 17.6. The minimum absolute atomic E-state index is 0.518. The van der Waals surface area contributed by atoms with Gasteiger partial charge in [0.05, 0.1) is 0 Å². The summed E-state index contributed by atoms with van der Waals surface area (Å²) in [6, 6.07) is 25.3. The fourth-order valence-electron chi connectivity index (χ4n) is 2.73. The number of benzene rings is 3. The van der Waals surface area contributed by atoms with Crippen LogP contribution >= 0.6 is 0 Å². The van der Waals surface area contributed by atoms with Crippen molar-refractivity contribution >= 4 is 13.5 Å². The zero-order valence-corrected chi connectivity index (χ0v) is 15.2. The Morgan fingerprint density at radius 1 is 0.480 bits per heavy atom. The molecule has 3 aromatic carbocycles. The summed E-state index contributed by atoms with van der Waals surface area (Å²) < 4.78 is 3.83. The van der Waals surface area contributed by atoms with Crippen molar-refractivity contribution in [3.8, 4) is 0 Å². The summed E-state index contributed by atoms with van der Waals surface area (Å²) in [4.78, 5) is 0. The van der Waals surface area contributed by atoms with Crippen molar-refractivity contribution < 1.29 is 13.7 Å². The molecule has 3 aromatic rings. The second kappa shape index (κ2) is 8.42. The topological polar surface area (TPSA) is 78.1 Å². The van der Waals surface area contributed by atoms with E-state index in [-0.39, 0.29) is 0 Å². The molecule has 0 heterocycles. The average molecular weight is 377 g/mol. The van der Waals surface area contributed by atoms with Gasteiger partial charge in [0.1, 0.15) is 0 Å². The molecule has 0 spiro atoms. The van der Waals surface area contributed by atoms with Gasteiger partial charge in [0, 0.05) is 0 Å². The van der Waals surface area contributed by atoms with Crippen molar-refractivity contribution in [1.29, 1.82) is 0 Å². The maximum atomic E-state index is 6.05. The first-order valence-electron chi connectivity index (χ1n) is 8.27. The van der Waals surface area contributed by atoms with Crippen LogP contribution in [0.1, 0.15) is 16.7 Å². The van der Waals surface area contributed by atoms with Crippen molar-refractivity contribution in [3.63, 3.8) is 0 Å². The third kappa shape index (κ3) is 3.68. The standard InChI is InChI=1S/3C7H8N.Co/c3*8-6-7-4-2-1-3-5-7;/h3*1-4H,6,8H2;. The molecule has 0 unspecified atom stereocenters. The summed E-state index contributed by atoms with van der Waals surface area (Å²) in [7, 11) is 0. The Labute approximate surface area is 153 Å². The molecule has 0 aliphatic rings. The van der Waals surface area contributed by atoms with Crippen molar-refractivity contribution in [1.82, 2.24) is 0 Å². The molecule has 0 radical (unpaired) electrons. The van der Waals surface area contributed by atoms with Crippen LogP contribution in [0.3, 0.4) is 0 Å². The molecule has 0 aromatic heterocycles. The van der Waals surface area contributed by atoms with Gasteiger partial charge in [0.25, 0.3) is 0 Å². The molecule has 0 amide bonds. The SMILES string of the molecule is NCc1cccc[c]1[Co]([c]1ccccc1CN)[c]1ccccc1CN. The van der Waals surface area contributed by atoms with E-state index in [1.54, 1.807) is 0 Å². The Balaban J connectivity index is 2.29. The first-order chi connectivity index (χ1) is 12.3. The van der Waals surface area contributed by atoms with Crippen LogP contribution in [-0.2, 0) is 33.3 Å². The Kier molecular flexibility index (Phi) is 6.02. The van der Waals surface area contributed by atoms with E-state index >= 15 is 0 Å². The molecule has 0 saturated heterocycles. The molecule has 0 fully saturated rings. The van der Waals surface area contributed by atoms with E-state index in [0.717, 1.165) is 0 Å². The second-order valence-electron chi connectivity index (χ2n) is 5.56. The molecule has 3 nitrogen and oxygen atoms in total. The summed E-state index contributed by atoms with van der Waals surface area (Å²) in [5, 5.41) is 0. The van der Waals surface area contributed by atoms with Crippen LogP contribution in [0.15, 0.2) is 72.8 Å². The molecule has 0 saturated carbocycles. The van der Waals surface area contributed by atoms with Gasteiger partial charge in [-0.2, -0.15) is 0 Å². The number of hydrogen-bond acceptors (Lipinski definition) is 3. The van der Waals surface area contributed by atoms with Crippen LogP contribution in [0, 0.1) is 0 Å². The molecule has 0 atom stereocenters. The van der Waals surface area contributed by atoms with Crippen LogP contribution in [-0.4, -0.2) is 0 Å². The van der Waals surface area contributed by atoms with E-state index in [9.17, 15) is 0 Å². The molecule has 0 aliphatic carbocycles. The van der Waals surface area contributed by atoms with Gasteiger partial charge in [-0.1, -0.05) is 0 Å². The van der Waals surface area contributed by atoms with Crippen LogP contribution in [0.4, 0.5) is 0 Å². The number of hydrogen-bond donors (Lipinski definition) is 3. The third-order valence-electron chi connectivity index (χ3n) is 4.01. The van der Waals surface area contributed by atoms with Gasteiger partial charge in [-0.15, -0.1) is 0 Å². The number of nitrogens with two attached hydrogens (primary N) is 3. The van der Waals surface area contributed by atoms with Gasteiger partial charge in [0.15, 0.2) is 0 Å². The van der Waals surface area contributed by atoms with Crippen molar-refractivity contribution in [2.24, 2.45) is 17.2 Å². The van der Waals surface area contributed by atoms with Gasteiger partial charge in [0.2, 0.25) is 0 Å². The van der Waals surface area contributed by atoms with Gasteiger partial charge in [-0.25, -0.2) is 0 Å². The predicted octanol–water partition coefficient (Wildman–Crippen LogP) is 0.957. The molecule has 0 aliphatic heterocycles. The summed E-state index contributed by atoms with van der Waals surface area (Å²) >= 11 is -0.736. The molecule has 0 bridgehead atoms. The summed E-state index contributed by atoms with van der Waals surface area (Å²) in [6.07, 6.45) is 0. The first-order valence-corrected chi connectivity index (χ1v) is 9.83. The van der Waals surface area contributed by atoms with Crippen LogP contribution in [0.25, 0.3) is 0 Å². The Bertz CT molecular complexity index is 735. The van der Waals surface area contributed by atoms with Crippen LogP contribution in [0.2, 0.25) is 0 Å². The molecule has 132 valence electrons. The Morgan fingerprint density at radius 2 is 0.760 bits per heavy atom. The average Bonchev–Trinajstić information content (AvgIpc) is 2.69. The van der Waals surface area contributed by atoms with Gasteiger partial charge >= 0.3 is 153 Å². The van der Waals surface area contributed by atoms with Crippen molar-refractivity contribution in [2.75, 3.05) is 0 Å². The van der Waals surface area contributed by atoms with Gasteiger partial charge < -0.3 is 0 Å². The first kappa shape index (κ1) is 17.9. The van der Waals surface area contributed by atoms with E-state index in [2.05, 4.69) is 54.6 Å². The van der Waals surface area contributed by atoms with Crippen molar-refractivity contribution in [3.05, 3.63) is 89.5 Å². The van der Waals surface area contributed by atoms with E-state index in [1.165, 1.54) is 30.2 Å². The van der Waals surface area contributed by atoms with E-state index in [1.807, 2.05) is 18.2 Å². The molecular formula is C21H24CoN3. The zero-order valence-electron chi connectivity index (χ0n) is 14.1. The van der Waals surface area contributed by atoms with Crippen LogP contribution < -0.4 is 30.7 Å². The monoisotopic (exact) mass is 377 g/mol. The second-order valence-corrected chi connectivity index (χ2v) is 8.03. The van der Waals surface area contributed by atoms with E-state index in [0.29, 0.717) is 19.6 Å². The maximum absolute atomic E-state index is 6.05. The molecular weight excluding hydrogens is 353 g/mol. The summed E-state index contributed by atoms with van der Waals surface area (Å²) in [6.45, 7) is 1.55. The minimum atomic E-state index is -0.736. The molecule has 4 heteroatoms. The number of rotatable bonds is 6. The third-order valence-corrected chi connectivity index (χ3v) is 7.21. The fourth-order valence-corrected chi connectivity index (χ4v) is 6.04. The van der Waals surface area contributed by atoms with Gasteiger partial charge in [-0.05, 0) is 0 Å². The van der Waals surface area contributed by atoms with Crippen molar-refractivity contribution in [2.45, 2.75) is 19.6 Å². The van der Waals surface area contributed by atoms with E-state index < -0.39 is 13.7 Å². The Hall–Kier alpha value is -1.95. The summed E-state index contributed by atoms with van der Waals surface area (Å²) in [5.74, 6) is 0. The molecule has 6 N–H and O–H groups in total. The van der Waals surface area contributed by atoms with Gasteiger partial charge in [-0.3, -0.25) is 0 Å². The summed E-state index contributed by atoms with van der Waals surface area (Å²) in [5.41, 5.74) is 21.7. The predicted molar refractivity (Wildman–Crippen MR) is 102 cm³/mol. The van der Waals surface area contributed by atoms with Crippen LogP contribution in [0.5, 0.6) is 0 Å². The molecule has 3 rings (SSSR count). The molecule has 25 heavy (non-hydrogen) atoms.